The second-order valence-corrected chi connectivity index (χ2v) is 4.89. The molecule has 0 saturated heterocycles. The van der Waals surface area contributed by atoms with Gasteiger partial charge in [0, 0.05) is 0 Å². The van der Waals surface area contributed by atoms with Crippen LogP contribution in [0, 0.1) is 27.7 Å². The first kappa shape index (κ1) is 14.1. The molecule has 0 fully saturated rings. The van der Waals surface area contributed by atoms with E-state index in [0.29, 0.717) is 17.1 Å². The summed E-state index contributed by atoms with van der Waals surface area (Å²) in [7, 11) is 0. The maximum atomic E-state index is 11.9. The van der Waals surface area contributed by atoms with E-state index in [-0.39, 0.29) is 5.91 Å². The van der Waals surface area contributed by atoms with Gasteiger partial charge in [0.1, 0.15) is 11.5 Å². The van der Waals surface area contributed by atoms with Crippen LogP contribution in [0.3, 0.4) is 0 Å². The zero-order valence-electron chi connectivity index (χ0n) is 12.2. The Labute approximate surface area is 118 Å². The summed E-state index contributed by atoms with van der Waals surface area (Å²) in [5.74, 6) is 1.05. The number of carbonyl (C=O) groups is 1. The minimum absolute atomic E-state index is 0.263. The van der Waals surface area contributed by atoms with Crippen LogP contribution in [0.1, 0.15) is 38.6 Å². The number of hydrazone groups is 1. The van der Waals surface area contributed by atoms with E-state index in [2.05, 4.69) is 10.5 Å². The average Bonchev–Trinajstić information content (AvgIpc) is 2.72. The van der Waals surface area contributed by atoms with E-state index in [1.807, 2.05) is 39.0 Å². The Kier molecular flexibility index (Phi) is 4.03. The van der Waals surface area contributed by atoms with E-state index < -0.39 is 0 Å². The molecule has 0 aliphatic rings. The molecule has 2 rings (SSSR count). The van der Waals surface area contributed by atoms with Crippen LogP contribution in [-0.4, -0.2) is 12.1 Å². The molecule has 1 N–H and O–H groups in total. The van der Waals surface area contributed by atoms with Gasteiger partial charge in [0.15, 0.2) is 0 Å². The van der Waals surface area contributed by atoms with Crippen LogP contribution in [0.25, 0.3) is 0 Å². The SMILES string of the molecule is Cc1ccc(C)c(C=NNC(=O)c2cc(C)oc2C)c1. The molecule has 1 aromatic heterocycles. The number of carbonyl (C=O) groups excluding carboxylic acids is 1. The van der Waals surface area contributed by atoms with Crippen molar-refractivity contribution in [2.45, 2.75) is 27.7 Å². The summed E-state index contributed by atoms with van der Waals surface area (Å²) in [4.78, 5) is 11.9. The molecule has 4 nitrogen and oxygen atoms in total. The Bertz CT molecular complexity index is 669. The van der Waals surface area contributed by atoms with Gasteiger partial charge in [0.05, 0.1) is 11.8 Å². The lowest BCUT2D eigenvalue weighted by Gasteiger charge is -2.01. The molecule has 1 aromatic carbocycles. The first-order chi connectivity index (χ1) is 9.47. The fourth-order valence-corrected chi connectivity index (χ4v) is 1.98. The Hall–Kier alpha value is -2.36. The van der Waals surface area contributed by atoms with E-state index in [1.165, 1.54) is 0 Å². The van der Waals surface area contributed by atoms with E-state index in [9.17, 15) is 4.79 Å². The molecule has 0 atom stereocenters. The molecule has 4 heteroatoms. The van der Waals surface area contributed by atoms with Crippen LogP contribution >= 0.6 is 0 Å². The normalized spacial score (nSPS) is 11.0. The van der Waals surface area contributed by atoms with Crippen molar-refractivity contribution in [1.82, 2.24) is 5.43 Å². The number of nitrogens with zero attached hydrogens (tertiary/aromatic N) is 1. The molecule has 20 heavy (non-hydrogen) atoms. The van der Waals surface area contributed by atoms with Crippen molar-refractivity contribution < 1.29 is 9.21 Å². The summed E-state index contributed by atoms with van der Waals surface area (Å²) in [5, 5.41) is 4.00. The van der Waals surface area contributed by atoms with Crippen LogP contribution in [0.5, 0.6) is 0 Å². The lowest BCUT2D eigenvalue weighted by molar-refractivity contribution is 0.0953. The molecule has 1 heterocycles. The topological polar surface area (TPSA) is 54.6 Å². The Morgan fingerprint density at radius 1 is 1.20 bits per heavy atom. The van der Waals surface area contributed by atoms with Crippen molar-refractivity contribution in [2.75, 3.05) is 0 Å². The van der Waals surface area contributed by atoms with E-state index >= 15 is 0 Å². The molecule has 0 saturated carbocycles. The number of aryl methyl sites for hydroxylation is 4. The largest absolute Gasteiger partial charge is 0.466 e. The van der Waals surface area contributed by atoms with Gasteiger partial charge in [-0.15, -0.1) is 0 Å². The Morgan fingerprint density at radius 2 is 1.95 bits per heavy atom. The standard InChI is InChI=1S/C16H18N2O2/c1-10-5-6-11(2)14(7-10)9-17-18-16(19)15-8-12(3)20-13(15)4/h5-9H,1-4H3,(H,18,19). The van der Waals surface area contributed by atoms with Crippen molar-refractivity contribution in [3.05, 3.63) is 58.0 Å². The first-order valence-corrected chi connectivity index (χ1v) is 6.45. The number of rotatable bonds is 3. The molecule has 2 aromatic rings. The Morgan fingerprint density at radius 3 is 2.60 bits per heavy atom. The third-order valence-electron chi connectivity index (χ3n) is 3.09. The average molecular weight is 270 g/mol. The number of nitrogens with one attached hydrogen (secondary N) is 1. The molecular formula is C16H18N2O2. The summed E-state index contributed by atoms with van der Waals surface area (Å²) in [6, 6.07) is 7.81. The van der Waals surface area contributed by atoms with E-state index in [0.717, 1.165) is 16.7 Å². The highest BCUT2D eigenvalue weighted by Gasteiger charge is 2.12. The number of benzene rings is 1. The maximum Gasteiger partial charge on any atom is 0.274 e. The molecular weight excluding hydrogens is 252 g/mol. The quantitative estimate of drug-likeness (QED) is 0.687. The number of hydrogen-bond donors (Lipinski definition) is 1. The number of furan rings is 1. The molecule has 0 aliphatic carbocycles. The van der Waals surface area contributed by atoms with E-state index in [4.69, 9.17) is 4.42 Å². The van der Waals surface area contributed by atoms with Gasteiger partial charge >= 0.3 is 0 Å². The zero-order chi connectivity index (χ0) is 14.7. The van der Waals surface area contributed by atoms with Gasteiger partial charge in [-0.25, -0.2) is 5.43 Å². The minimum atomic E-state index is -0.263. The van der Waals surface area contributed by atoms with Crippen LogP contribution < -0.4 is 5.43 Å². The maximum absolute atomic E-state index is 11.9. The minimum Gasteiger partial charge on any atom is -0.466 e. The van der Waals surface area contributed by atoms with Crippen molar-refractivity contribution in [3.8, 4) is 0 Å². The highest BCUT2D eigenvalue weighted by Crippen LogP contribution is 2.13. The van der Waals surface area contributed by atoms with Crippen molar-refractivity contribution in [1.29, 1.82) is 0 Å². The van der Waals surface area contributed by atoms with Crippen LogP contribution in [-0.2, 0) is 0 Å². The Balaban J connectivity index is 2.08. The smallest absolute Gasteiger partial charge is 0.274 e. The second kappa shape index (κ2) is 5.74. The molecule has 0 bridgehead atoms. The third-order valence-corrected chi connectivity index (χ3v) is 3.09. The van der Waals surface area contributed by atoms with Gasteiger partial charge < -0.3 is 4.42 Å². The summed E-state index contributed by atoms with van der Waals surface area (Å²) >= 11 is 0. The summed E-state index contributed by atoms with van der Waals surface area (Å²) < 4.78 is 5.32. The van der Waals surface area contributed by atoms with Crippen LogP contribution in [0.4, 0.5) is 0 Å². The van der Waals surface area contributed by atoms with Crippen molar-refractivity contribution >= 4 is 12.1 Å². The summed E-state index contributed by atoms with van der Waals surface area (Å²) in [6.45, 7) is 7.60. The molecule has 0 unspecified atom stereocenters. The summed E-state index contributed by atoms with van der Waals surface area (Å²) in [5.41, 5.74) is 6.30. The molecule has 0 radical (unpaired) electrons. The van der Waals surface area contributed by atoms with Crippen molar-refractivity contribution in [3.63, 3.8) is 0 Å². The predicted molar refractivity (Wildman–Crippen MR) is 79.2 cm³/mol. The first-order valence-electron chi connectivity index (χ1n) is 6.45. The van der Waals surface area contributed by atoms with Gasteiger partial charge in [-0.1, -0.05) is 23.8 Å². The van der Waals surface area contributed by atoms with Crippen LogP contribution in [0.15, 0.2) is 33.8 Å². The monoisotopic (exact) mass is 270 g/mol. The lowest BCUT2D eigenvalue weighted by Crippen LogP contribution is -2.17. The van der Waals surface area contributed by atoms with Crippen molar-refractivity contribution in [2.24, 2.45) is 5.10 Å². The zero-order valence-corrected chi connectivity index (χ0v) is 12.2. The fraction of sp³-hybridized carbons (Fsp3) is 0.250. The molecule has 0 aliphatic heterocycles. The molecule has 1 amide bonds. The lowest BCUT2D eigenvalue weighted by atomic mass is 10.1. The molecule has 0 spiro atoms. The van der Waals surface area contributed by atoms with Gasteiger partial charge in [0.25, 0.3) is 5.91 Å². The predicted octanol–water partition coefficient (Wildman–Crippen LogP) is 3.28. The summed E-state index contributed by atoms with van der Waals surface area (Å²) in [6.07, 6.45) is 1.66. The van der Waals surface area contributed by atoms with Gasteiger partial charge in [0.2, 0.25) is 0 Å². The second-order valence-electron chi connectivity index (χ2n) is 4.89. The highest BCUT2D eigenvalue weighted by atomic mass is 16.3. The number of amides is 1. The van der Waals surface area contributed by atoms with Gasteiger partial charge in [-0.3, -0.25) is 4.79 Å². The third kappa shape index (κ3) is 3.15. The van der Waals surface area contributed by atoms with Gasteiger partial charge in [-0.05, 0) is 44.9 Å². The van der Waals surface area contributed by atoms with E-state index in [1.54, 1.807) is 19.2 Å². The molecule has 104 valence electrons. The van der Waals surface area contributed by atoms with Crippen LogP contribution in [0.2, 0.25) is 0 Å². The van der Waals surface area contributed by atoms with Gasteiger partial charge in [-0.2, -0.15) is 5.10 Å². The fourth-order valence-electron chi connectivity index (χ4n) is 1.98. The highest BCUT2D eigenvalue weighted by molar-refractivity contribution is 5.96. The number of hydrogen-bond acceptors (Lipinski definition) is 3.